The van der Waals surface area contributed by atoms with Crippen LogP contribution in [0.4, 0.5) is 16.2 Å². The molecule has 1 aliphatic rings. The molecular formula is C22H25N3O2S. The Bertz CT molecular complexity index is 944. The van der Waals surface area contributed by atoms with Gasteiger partial charge in [0.1, 0.15) is 10.9 Å². The second-order valence-electron chi connectivity index (χ2n) is 7.46. The summed E-state index contributed by atoms with van der Waals surface area (Å²) in [6.45, 7) is 6.04. The second kappa shape index (κ2) is 8.19. The maximum absolute atomic E-state index is 12.2. The molecule has 0 spiro atoms. The monoisotopic (exact) mass is 395 g/mol. The van der Waals surface area contributed by atoms with Crippen molar-refractivity contribution in [2.45, 2.75) is 38.7 Å². The fourth-order valence-electron chi connectivity index (χ4n) is 3.60. The Hall–Kier alpha value is -2.60. The summed E-state index contributed by atoms with van der Waals surface area (Å²) in [5, 5.41) is 6.12. The van der Waals surface area contributed by atoms with Crippen molar-refractivity contribution in [1.82, 2.24) is 4.98 Å². The maximum Gasteiger partial charge on any atom is 0.411 e. The van der Waals surface area contributed by atoms with E-state index in [1.165, 1.54) is 16.6 Å². The van der Waals surface area contributed by atoms with Crippen molar-refractivity contribution in [2.75, 3.05) is 23.3 Å². The summed E-state index contributed by atoms with van der Waals surface area (Å²) in [4.78, 5) is 20.1. The van der Waals surface area contributed by atoms with E-state index in [4.69, 9.17) is 4.74 Å². The lowest BCUT2D eigenvalue weighted by Crippen LogP contribution is -2.38. The third kappa shape index (κ3) is 4.12. The molecule has 28 heavy (non-hydrogen) atoms. The highest BCUT2D eigenvalue weighted by molar-refractivity contribution is 7.16. The van der Waals surface area contributed by atoms with Crippen LogP contribution in [0.15, 0.2) is 48.0 Å². The number of carbonyl (C=O) groups excluding carboxylic acids is 1. The van der Waals surface area contributed by atoms with E-state index in [0.717, 1.165) is 36.4 Å². The van der Waals surface area contributed by atoms with Crippen LogP contribution in [0.2, 0.25) is 0 Å². The number of nitrogens with zero attached hydrogens (tertiary/aromatic N) is 2. The number of rotatable bonds is 4. The van der Waals surface area contributed by atoms with Crippen LogP contribution >= 0.6 is 11.3 Å². The third-order valence-electron chi connectivity index (χ3n) is 5.23. The molecule has 0 atom stereocenters. The van der Waals surface area contributed by atoms with Crippen LogP contribution in [0.25, 0.3) is 10.2 Å². The summed E-state index contributed by atoms with van der Waals surface area (Å²) in [7, 11) is 0. The molecule has 4 rings (SSSR count). The summed E-state index contributed by atoms with van der Waals surface area (Å²) in [5.41, 5.74) is 3.24. The summed E-state index contributed by atoms with van der Waals surface area (Å²) in [6, 6.07) is 12.1. The summed E-state index contributed by atoms with van der Waals surface area (Å²) in [6.07, 6.45) is 3.10. The molecular weight excluding hydrogens is 370 g/mol. The minimum absolute atomic E-state index is 0.0500. The number of piperidine rings is 1. The van der Waals surface area contributed by atoms with Crippen LogP contribution in [0.1, 0.15) is 38.2 Å². The van der Waals surface area contributed by atoms with Crippen LogP contribution < -0.4 is 10.2 Å². The highest BCUT2D eigenvalue weighted by atomic mass is 32.1. The number of anilines is 2. The standard InChI is InChI=1S/C22H25N3O2S/c1-15(2)16-3-5-17(6-4-16)24-22(26)27-18-8-12-25(13-9-18)20-7-11-23-21-19(20)10-14-28-21/h3-7,10-11,14-15,18H,8-9,12-13H2,1-2H3,(H,24,26). The number of thiophene rings is 1. The van der Waals surface area contributed by atoms with Gasteiger partial charge in [0.05, 0.1) is 0 Å². The SMILES string of the molecule is CC(C)c1ccc(NC(=O)OC2CCN(c3ccnc4sccc34)CC2)cc1. The lowest BCUT2D eigenvalue weighted by Gasteiger charge is -2.33. The first-order valence-corrected chi connectivity index (χ1v) is 10.6. The van der Waals surface area contributed by atoms with Crippen LogP contribution in [0.3, 0.4) is 0 Å². The molecule has 0 aliphatic carbocycles. The van der Waals surface area contributed by atoms with E-state index >= 15 is 0 Å². The molecule has 1 saturated heterocycles. The largest absolute Gasteiger partial charge is 0.446 e. The molecule has 3 aromatic rings. The number of aromatic nitrogens is 1. The molecule has 0 radical (unpaired) electrons. The zero-order chi connectivity index (χ0) is 19.5. The van der Waals surface area contributed by atoms with E-state index in [9.17, 15) is 4.79 Å². The Kier molecular flexibility index (Phi) is 5.48. The fourth-order valence-corrected chi connectivity index (χ4v) is 4.36. The number of nitrogens with one attached hydrogen (secondary N) is 1. The molecule has 1 aliphatic heterocycles. The predicted molar refractivity (Wildman–Crippen MR) is 115 cm³/mol. The first-order chi connectivity index (χ1) is 13.6. The molecule has 1 fully saturated rings. The molecule has 0 bridgehead atoms. The van der Waals surface area contributed by atoms with Gasteiger partial charge in [0.15, 0.2) is 0 Å². The molecule has 1 amide bonds. The number of hydrogen-bond donors (Lipinski definition) is 1. The van der Waals surface area contributed by atoms with Gasteiger partial charge in [-0.1, -0.05) is 26.0 Å². The molecule has 0 saturated carbocycles. The smallest absolute Gasteiger partial charge is 0.411 e. The first-order valence-electron chi connectivity index (χ1n) is 9.75. The van der Waals surface area contributed by atoms with E-state index < -0.39 is 0 Å². The molecule has 3 heterocycles. The summed E-state index contributed by atoms with van der Waals surface area (Å²) < 4.78 is 5.64. The van der Waals surface area contributed by atoms with Crippen molar-refractivity contribution >= 4 is 39.0 Å². The van der Waals surface area contributed by atoms with Crippen molar-refractivity contribution in [2.24, 2.45) is 0 Å². The molecule has 6 heteroatoms. The Balaban J connectivity index is 1.30. The van der Waals surface area contributed by atoms with Gasteiger partial charge in [-0.2, -0.15) is 0 Å². The molecule has 1 aromatic carbocycles. The van der Waals surface area contributed by atoms with Crippen molar-refractivity contribution < 1.29 is 9.53 Å². The van der Waals surface area contributed by atoms with Crippen LogP contribution in [0.5, 0.6) is 0 Å². The predicted octanol–water partition coefficient (Wildman–Crippen LogP) is 5.64. The van der Waals surface area contributed by atoms with Gasteiger partial charge in [-0.25, -0.2) is 9.78 Å². The topological polar surface area (TPSA) is 54.5 Å². The van der Waals surface area contributed by atoms with Crippen molar-refractivity contribution in [3.63, 3.8) is 0 Å². The fraction of sp³-hybridized carbons (Fsp3) is 0.364. The van der Waals surface area contributed by atoms with Crippen LogP contribution in [-0.2, 0) is 4.74 Å². The summed E-state index contributed by atoms with van der Waals surface area (Å²) >= 11 is 1.66. The molecule has 0 unspecified atom stereocenters. The second-order valence-corrected chi connectivity index (χ2v) is 8.36. The van der Waals surface area contributed by atoms with E-state index in [1.807, 2.05) is 30.5 Å². The average molecular weight is 396 g/mol. The molecule has 1 N–H and O–H groups in total. The van der Waals surface area contributed by atoms with Crippen molar-refractivity contribution in [3.05, 3.63) is 53.5 Å². The van der Waals surface area contributed by atoms with Gasteiger partial charge < -0.3 is 9.64 Å². The quantitative estimate of drug-likeness (QED) is 0.621. The minimum Gasteiger partial charge on any atom is -0.446 e. The van der Waals surface area contributed by atoms with E-state index in [0.29, 0.717) is 5.92 Å². The van der Waals surface area contributed by atoms with Crippen LogP contribution in [-0.4, -0.2) is 30.3 Å². The zero-order valence-electron chi connectivity index (χ0n) is 16.2. The van der Waals surface area contributed by atoms with Gasteiger partial charge in [0.25, 0.3) is 0 Å². The number of carbonyl (C=O) groups is 1. The Labute approximate surface area is 169 Å². The Morgan fingerprint density at radius 1 is 1.18 bits per heavy atom. The van der Waals surface area contributed by atoms with Gasteiger partial charge >= 0.3 is 6.09 Å². The Morgan fingerprint density at radius 3 is 2.64 bits per heavy atom. The van der Waals surface area contributed by atoms with Crippen LogP contribution in [0, 0.1) is 0 Å². The Morgan fingerprint density at radius 2 is 1.93 bits per heavy atom. The number of hydrogen-bond acceptors (Lipinski definition) is 5. The van der Waals surface area contributed by atoms with Crippen molar-refractivity contribution in [3.8, 4) is 0 Å². The molecule has 146 valence electrons. The summed E-state index contributed by atoms with van der Waals surface area (Å²) in [5.74, 6) is 0.474. The zero-order valence-corrected chi connectivity index (χ0v) is 17.0. The van der Waals surface area contributed by atoms with E-state index in [1.54, 1.807) is 11.3 Å². The number of ether oxygens (including phenoxy) is 1. The third-order valence-corrected chi connectivity index (χ3v) is 6.05. The number of amides is 1. The minimum atomic E-state index is -0.375. The number of pyridine rings is 1. The van der Waals surface area contributed by atoms with E-state index in [-0.39, 0.29) is 12.2 Å². The van der Waals surface area contributed by atoms with Crippen molar-refractivity contribution in [1.29, 1.82) is 0 Å². The lowest BCUT2D eigenvalue weighted by molar-refractivity contribution is 0.0951. The first kappa shape index (κ1) is 18.7. The average Bonchev–Trinajstić information content (AvgIpc) is 3.18. The van der Waals surface area contributed by atoms with Gasteiger partial charge in [-0.05, 0) is 41.1 Å². The van der Waals surface area contributed by atoms with Gasteiger partial charge in [0.2, 0.25) is 0 Å². The molecule has 2 aromatic heterocycles. The van der Waals surface area contributed by atoms with Gasteiger partial charge in [-0.3, -0.25) is 5.32 Å². The lowest BCUT2D eigenvalue weighted by atomic mass is 10.0. The van der Waals surface area contributed by atoms with Gasteiger partial charge in [0, 0.05) is 48.9 Å². The number of fused-ring (bicyclic) bond motifs is 1. The highest BCUT2D eigenvalue weighted by Gasteiger charge is 2.23. The highest BCUT2D eigenvalue weighted by Crippen LogP contribution is 2.31. The van der Waals surface area contributed by atoms with Gasteiger partial charge in [-0.15, -0.1) is 11.3 Å². The van der Waals surface area contributed by atoms with E-state index in [2.05, 4.69) is 46.6 Å². The number of benzene rings is 1. The normalized spacial score (nSPS) is 15.2. The maximum atomic E-state index is 12.2. The molecule has 5 nitrogen and oxygen atoms in total.